The van der Waals surface area contributed by atoms with E-state index in [-0.39, 0.29) is 17.7 Å². The van der Waals surface area contributed by atoms with E-state index >= 15 is 0 Å². The van der Waals surface area contributed by atoms with Gasteiger partial charge in [0.25, 0.3) is 0 Å². The molecule has 2 atom stereocenters. The molecule has 1 aliphatic heterocycles. The topological polar surface area (TPSA) is 66.5 Å². The highest BCUT2D eigenvalue weighted by Crippen LogP contribution is 2.24. The fraction of sp³-hybridized carbons (Fsp3) is 0.611. The highest BCUT2D eigenvalue weighted by molar-refractivity contribution is 7.88. The average Bonchev–Trinajstić information content (AvgIpc) is 2.55. The minimum atomic E-state index is -3.23. The van der Waals surface area contributed by atoms with E-state index < -0.39 is 10.0 Å². The maximum atomic E-state index is 12.5. The van der Waals surface area contributed by atoms with Crippen LogP contribution in [0.15, 0.2) is 30.3 Å². The van der Waals surface area contributed by atoms with E-state index in [0.717, 1.165) is 12.8 Å². The predicted molar refractivity (Wildman–Crippen MR) is 96.2 cm³/mol. The zero-order valence-electron chi connectivity index (χ0n) is 14.7. The standard InChI is InChI=1S/C18H28N2O3S/c1-14(2)17(15-8-5-4-6-9-15)12-19-18(21)16-10-7-11-20(13-16)24(3,22)23/h4-6,8-9,14,16-17H,7,10-13H2,1-3H3,(H,19,21)/t16-,17-/m1/s1. The van der Waals surface area contributed by atoms with Crippen molar-refractivity contribution in [3.63, 3.8) is 0 Å². The van der Waals surface area contributed by atoms with E-state index in [9.17, 15) is 13.2 Å². The van der Waals surface area contributed by atoms with Gasteiger partial charge in [-0.3, -0.25) is 4.79 Å². The van der Waals surface area contributed by atoms with Gasteiger partial charge in [-0.05, 0) is 24.3 Å². The van der Waals surface area contributed by atoms with E-state index in [4.69, 9.17) is 0 Å². The summed E-state index contributed by atoms with van der Waals surface area (Å²) in [5.74, 6) is 0.373. The lowest BCUT2D eigenvalue weighted by Crippen LogP contribution is -2.45. The fourth-order valence-electron chi connectivity index (χ4n) is 3.25. The number of hydrogen-bond acceptors (Lipinski definition) is 3. The Morgan fingerprint density at radius 1 is 1.29 bits per heavy atom. The molecule has 1 aliphatic rings. The molecular formula is C18H28N2O3S. The van der Waals surface area contributed by atoms with Crippen molar-refractivity contribution in [2.45, 2.75) is 32.6 Å². The van der Waals surface area contributed by atoms with Gasteiger partial charge in [0.15, 0.2) is 0 Å². The van der Waals surface area contributed by atoms with Gasteiger partial charge in [0, 0.05) is 25.6 Å². The second-order valence-corrected chi connectivity index (χ2v) is 8.95. The number of carbonyl (C=O) groups is 1. The molecule has 1 aromatic rings. The highest BCUT2D eigenvalue weighted by Gasteiger charge is 2.30. The summed E-state index contributed by atoms with van der Waals surface area (Å²) in [5, 5.41) is 3.04. The summed E-state index contributed by atoms with van der Waals surface area (Å²) >= 11 is 0. The first-order chi connectivity index (χ1) is 11.3. The number of rotatable bonds is 6. The zero-order chi connectivity index (χ0) is 17.7. The highest BCUT2D eigenvalue weighted by atomic mass is 32.2. The van der Waals surface area contributed by atoms with E-state index in [0.29, 0.717) is 25.6 Å². The maximum Gasteiger partial charge on any atom is 0.224 e. The number of sulfonamides is 1. The van der Waals surface area contributed by atoms with Gasteiger partial charge in [-0.2, -0.15) is 0 Å². The van der Waals surface area contributed by atoms with Crippen LogP contribution < -0.4 is 5.32 Å². The van der Waals surface area contributed by atoms with Gasteiger partial charge in [-0.25, -0.2) is 12.7 Å². The molecular weight excluding hydrogens is 324 g/mol. The molecule has 1 N–H and O–H groups in total. The second kappa shape index (κ2) is 8.12. The quantitative estimate of drug-likeness (QED) is 0.854. The molecule has 6 heteroatoms. The number of nitrogens with one attached hydrogen (secondary N) is 1. The summed E-state index contributed by atoms with van der Waals surface area (Å²) < 4.78 is 24.8. The summed E-state index contributed by atoms with van der Waals surface area (Å²) in [7, 11) is -3.23. The summed E-state index contributed by atoms with van der Waals surface area (Å²) in [6, 6.07) is 10.2. The van der Waals surface area contributed by atoms with Crippen LogP contribution in [-0.2, 0) is 14.8 Å². The molecule has 0 aliphatic carbocycles. The first-order valence-electron chi connectivity index (χ1n) is 8.57. The van der Waals surface area contributed by atoms with Gasteiger partial charge in [0.2, 0.25) is 15.9 Å². The van der Waals surface area contributed by atoms with Crippen LogP contribution in [0.4, 0.5) is 0 Å². The molecule has 0 radical (unpaired) electrons. The van der Waals surface area contributed by atoms with Crippen LogP contribution in [0.5, 0.6) is 0 Å². The number of nitrogens with zero attached hydrogens (tertiary/aromatic N) is 1. The minimum absolute atomic E-state index is 0.0371. The Labute approximate surface area is 145 Å². The van der Waals surface area contributed by atoms with Crippen LogP contribution in [0.25, 0.3) is 0 Å². The minimum Gasteiger partial charge on any atom is -0.355 e. The molecule has 1 aromatic carbocycles. The number of benzene rings is 1. The molecule has 0 bridgehead atoms. The first kappa shape index (κ1) is 18.9. The van der Waals surface area contributed by atoms with E-state index in [1.165, 1.54) is 16.1 Å². The van der Waals surface area contributed by atoms with Gasteiger partial charge in [-0.15, -0.1) is 0 Å². The molecule has 134 valence electrons. The lowest BCUT2D eigenvalue weighted by molar-refractivity contribution is -0.126. The Bertz CT molecular complexity index is 643. The Kier molecular flexibility index (Phi) is 6.40. The summed E-state index contributed by atoms with van der Waals surface area (Å²) in [5.41, 5.74) is 1.22. The number of hydrogen-bond donors (Lipinski definition) is 1. The zero-order valence-corrected chi connectivity index (χ0v) is 15.6. The molecule has 2 rings (SSSR count). The Morgan fingerprint density at radius 2 is 1.96 bits per heavy atom. The van der Waals surface area contributed by atoms with Crippen molar-refractivity contribution in [1.29, 1.82) is 0 Å². The molecule has 1 amide bonds. The van der Waals surface area contributed by atoms with E-state index in [1.807, 2.05) is 18.2 Å². The second-order valence-electron chi connectivity index (χ2n) is 6.97. The van der Waals surface area contributed by atoms with Crippen molar-refractivity contribution in [1.82, 2.24) is 9.62 Å². The third-order valence-electron chi connectivity index (χ3n) is 4.75. The van der Waals surface area contributed by atoms with E-state index in [2.05, 4.69) is 31.3 Å². The van der Waals surface area contributed by atoms with Crippen molar-refractivity contribution in [2.24, 2.45) is 11.8 Å². The molecule has 5 nitrogen and oxygen atoms in total. The molecule has 0 aromatic heterocycles. The fourth-order valence-corrected chi connectivity index (χ4v) is 4.16. The van der Waals surface area contributed by atoms with Crippen molar-refractivity contribution in [3.8, 4) is 0 Å². The van der Waals surface area contributed by atoms with Crippen LogP contribution in [0.3, 0.4) is 0 Å². The molecule has 1 heterocycles. The predicted octanol–water partition coefficient (Wildman–Crippen LogP) is 2.21. The molecule has 0 saturated carbocycles. The average molecular weight is 353 g/mol. The monoisotopic (exact) mass is 352 g/mol. The maximum absolute atomic E-state index is 12.5. The summed E-state index contributed by atoms with van der Waals surface area (Å²) in [4.78, 5) is 12.5. The third kappa shape index (κ3) is 5.05. The first-order valence-corrected chi connectivity index (χ1v) is 10.4. The smallest absolute Gasteiger partial charge is 0.224 e. The molecule has 0 unspecified atom stereocenters. The van der Waals surface area contributed by atoms with Crippen LogP contribution in [0, 0.1) is 11.8 Å². The van der Waals surface area contributed by atoms with Gasteiger partial charge in [0.1, 0.15) is 0 Å². The number of amides is 1. The van der Waals surface area contributed by atoms with Gasteiger partial charge >= 0.3 is 0 Å². The van der Waals surface area contributed by atoms with E-state index in [1.54, 1.807) is 0 Å². The van der Waals surface area contributed by atoms with Crippen molar-refractivity contribution in [2.75, 3.05) is 25.9 Å². The molecule has 1 fully saturated rings. The van der Waals surface area contributed by atoms with Crippen LogP contribution in [0.2, 0.25) is 0 Å². The Morgan fingerprint density at radius 3 is 2.54 bits per heavy atom. The van der Waals surface area contributed by atoms with Crippen molar-refractivity contribution < 1.29 is 13.2 Å². The van der Waals surface area contributed by atoms with Gasteiger partial charge < -0.3 is 5.32 Å². The summed E-state index contributed by atoms with van der Waals surface area (Å²) in [6.07, 6.45) is 2.68. The van der Waals surface area contributed by atoms with Crippen LogP contribution in [0.1, 0.15) is 38.2 Å². The van der Waals surface area contributed by atoms with Crippen LogP contribution >= 0.6 is 0 Å². The number of carbonyl (C=O) groups excluding carboxylic acids is 1. The van der Waals surface area contributed by atoms with Gasteiger partial charge in [-0.1, -0.05) is 44.2 Å². The van der Waals surface area contributed by atoms with Crippen LogP contribution in [-0.4, -0.2) is 44.5 Å². The normalized spacial score (nSPS) is 20.8. The Balaban J connectivity index is 1.96. The van der Waals surface area contributed by atoms with Crippen molar-refractivity contribution >= 4 is 15.9 Å². The Hall–Kier alpha value is -1.40. The molecule has 24 heavy (non-hydrogen) atoms. The largest absolute Gasteiger partial charge is 0.355 e. The third-order valence-corrected chi connectivity index (χ3v) is 6.02. The summed E-state index contributed by atoms with van der Waals surface area (Å²) in [6.45, 7) is 5.69. The SMILES string of the molecule is CC(C)[C@@H](CNC(=O)[C@@H]1CCCN(S(C)(=O)=O)C1)c1ccccc1. The number of piperidine rings is 1. The molecule has 1 saturated heterocycles. The lowest BCUT2D eigenvalue weighted by Gasteiger charge is -2.31. The van der Waals surface area contributed by atoms with Crippen molar-refractivity contribution in [3.05, 3.63) is 35.9 Å². The molecule has 0 spiro atoms. The lowest BCUT2D eigenvalue weighted by atomic mass is 9.88. The van der Waals surface area contributed by atoms with Gasteiger partial charge in [0.05, 0.1) is 12.2 Å².